The van der Waals surface area contributed by atoms with Gasteiger partial charge in [0.05, 0.1) is 5.60 Å². The van der Waals surface area contributed by atoms with Crippen LogP contribution in [0.1, 0.15) is 39.0 Å². The highest BCUT2D eigenvalue weighted by Crippen LogP contribution is 2.40. The van der Waals surface area contributed by atoms with E-state index < -0.39 is 5.97 Å². The van der Waals surface area contributed by atoms with Crippen molar-refractivity contribution in [1.82, 2.24) is 0 Å². The van der Waals surface area contributed by atoms with Crippen LogP contribution in [0.3, 0.4) is 0 Å². The molecule has 0 bridgehead atoms. The molecule has 0 aromatic heterocycles. The highest BCUT2D eigenvalue weighted by atomic mass is 32.2. The molecule has 1 spiro atoms. The summed E-state index contributed by atoms with van der Waals surface area (Å²) in [4.78, 5) is 11.1. The molecule has 2 rings (SSSR count). The van der Waals surface area contributed by atoms with Crippen LogP contribution in [0.25, 0.3) is 0 Å². The molecule has 2 heterocycles. The Kier molecular flexibility index (Phi) is 4.92. The molecule has 4 nitrogen and oxygen atoms in total. The molecule has 2 aliphatic rings. The average molecular weight is 274 g/mol. The maximum Gasteiger partial charge on any atom is 0.316 e. The standard InChI is InChI=1S/C13H22O4S/c1-2-11(12(14)15)18-10-3-6-17-13(9-10)4-7-16-8-5-13/h10-11H,2-9H2,1H3,(H,14,15). The number of hydrogen-bond donors (Lipinski definition) is 1. The molecular formula is C13H22O4S. The van der Waals surface area contributed by atoms with E-state index in [0.717, 1.165) is 45.5 Å². The van der Waals surface area contributed by atoms with Crippen molar-refractivity contribution in [2.24, 2.45) is 0 Å². The molecule has 2 atom stereocenters. The Morgan fingerprint density at radius 3 is 2.78 bits per heavy atom. The third kappa shape index (κ3) is 3.39. The third-order valence-electron chi connectivity index (χ3n) is 3.85. The van der Waals surface area contributed by atoms with Crippen molar-refractivity contribution in [2.45, 2.75) is 55.1 Å². The maximum absolute atomic E-state index is 11.1. The molecule has 0 radical (unpaired) electrons. The van der Waals surface area contributed by atoms with Crippen LogP contribution in [-0.4, -0.2) is 47.0 Å². The summed E-state index contributed by atoms with van der Waals surface area (Å²) in [5, 5.41) is 9.28. The molecule has 5 heteroatoms. The first kappa shape index (κ1) is 14.2. The molecular weight excluding hydrogens is 252 g/mol. The minimum Gasteiger partial charge on any atom is -0.480 e. The number of ether oxygens (including phenoxy) is 2. The molecule has 18 heavy (non-hydrogen) atoms. The van der Waals surface area contributed by atoms with Gasteiger partial charge in [-0.05, 0) is 32.1 Å². The Hall–Kier alpha value is -0.260. The van der Waals surface area contributed by atoms with Crippen LogP contribution >= 0.6 is 11.8 Å². The van der Waals surface area contributed by atoms with Gasteiger partial charge in [-0.1, -0.05) is 6.92 Å². The van der Waals surface area contributed by atoms with E-state index >= 15 is 0 Å². The Morgan fingerprint density at radius 2 is 2.17 bits per heavy atom. The predicted molar refractivity (Wildman–Crippen MR) is 71.1 cm³/mol. The Bertz CT molecular complexity index is 283. The van der Waals surface area contributed by atoms with E-state index in [2.05, 4.69) is 0 Å². The largest absolute Gasteiger partial charge is 0.480 e. The summed E-state index contributed by atoms with van der Waals surface area (Å²) < 4.78 is 11.4. The molecule has 0 aromatic rings. The van der Waals surface area contributed by atoms with Crippen LogP contribution in [0, 0.1) is 0 Å². The second-order valence-corrected chi connectivity index (χ2v) is 6.64. The fourth-order valence-electron chi connectivity index (χ4n) is 2.75. The SMILES string of the molecule is CCC(SC1CCOC2(CCOCC2)C1)C(=O)O. The van der Waals surface area contributed by atoms with Gasteiger partial charge >= 0.3 is 5.97 Å². The van der Waals surface area contributed by atoms with Gasteiger partial charge in [0.25, 0.3) is 0 Å². The molecule has 0 amide bonds. The van der Waals surface area contributed by atoms with Crippen molar-refractivity contribution in [2.75, 3.05) is 19.8 Å². The van der Waals surface area contributed by atoms with Gasteiger partial charge < -0.3 is 14.6 Å². The summed E-state index contributed by atoms with van der Waals surface area (Å²) in [5.41, 5.74) is -0.0367. The summed E-state index contributed by atoms with van der Waals surface area (Å²) in [6, 6.07) is 0. The number of hydrogen-bond acceptors (Lipinski definition) is 4. The van der Waals surface area contributed by atoms with Gasteiger partial charge in [-0.25, -0.2) is 0 Å². The summed E-state index contributed by atoms with van der Waals surface area (Å²) in [6.45, 7) is 4.24. The minimum atomic E-state index is -0.685. The van der Waals surface area contributed by atoms with Crippen molar-refractivity contribution in [3.63, 3.8) is 0 Å². The zero-order valence-corrected chi connectivity index (χ0v) is 11.7. The van der Waals surface area contributed by atoms with E-state index in [1.807, 2.05) is 6.92 Å². The second-order valence-electron chi connectivity index (χ2n) is 5.13. The molecule has 0 aromatic carbocycles. The van der Waals surface area contributed by atoms with Gasteiger partial charge in [0, 0.05) is 25.1 Å². The number of aliphatic carboxylic acids is 1. The lowest BCUT2D eigenvalue weighted by molar-refractivity contribution is -0.137. The quantitative estimate of drug-likeness (QED) is 0.852. The van der Waals surface area contributed by atoms with Crippen molar-refractivity contribution >= 4 is 17.7 Å². The number of carboxylic acids is 1. The fraction of sp³-hybridized carbons (Fsp3) is 0.923. The average Bonchev–Trinajstić information content (AvgIpc) is 2.36. The summed E-state index contributed by atoms with van der Waals surface area (Å²) >= 11 is 1.62. The molecule has 1 N–H and O–H groups in total. The molecule has 2 fully saturated rings. The van der Waals surface area contributed by atoms with Gasteiger partial charge in [0.2, 0.25) is 0 Å². The highest BCUT2D eigenvalue weighted by Gasteiger charge is 2.40. The van der Waals surface area contributed by atoms with E-state index in [-0.39, 0.29) is 10.9 Å². The van der Waals surface area contributed by atoms with Crippen LogP contribution in [0.5, 0.6) is 0 Å². The van der Waals surface area contributed by atoms with Crippen molar-refractivity contribution < 1.29 is 19.4 Å². The minimum absolute atomic E-state index is 0.0367. The number of thioether (sulfide) groups is 1. The molecule has 0 saturated carbocycles. The Labute approximate surface area is 112 Å². The molecule has 0 aliphatic carbocycles. The van der Waals surface area contributed by atoms with Gasteiger partial charge in [0.1, 0.15) is 5.25 Å². The van der Waals surface area contributed by atoms with E-state index in [0.29, 0.717) is 11.7 Å². The lowest BCUT2D eigenvalue weighted by Gasteiger charge is -2.43. The van der Waals surface area contributed by atoms with Crippen LogP contribution in [0.4, 0.5) is 0 Å². The first-order valence-electron chi connectivity index (χ1n) is 6.75. The van der Waals surface area contributed by atoms with Gasteiger partial charge in [0.15, 0.2) is 0 Å². The highest BCUT2D eigenvalue weighted by molar-refractivity contribution is 8.01. The zero-order valence-electron chi connectivity index (χ0n) is 10.9. The number of carbonyl (C=O) groups is 1. The summed E-state index contributed by atoms with van der Waals surface area (Å²) in [6.07, 6.45) is 4.54. The van der Waals surface area contributed by atoms with E-state index in [1.165, 1.54) is 0 Å². The number of rotatable bonds is 4. The normalized spacial score (nSPS) is 29.1. The van der Waals surface area contributed by atoms with Gasteiger partial charge in [-0.3, -0.25) is 4.79 Å². The molecule has 104 valence electrons. The Balaban J connectivity index is 1.91. The third-order valence-corrected chi connectivity index (χ3v) is 5.51. The van der Waals surface area contributed by atoms with E-state index in [1.54, 1.807) is 11.8 Å². The molecule has 2 aliphatic heterocycles. The van der Waals surface area contributed by atoms with Gasteiger partial charge in [-0.15, -0.1) is 11.8 Å². The number of carboxylic acid groups (broad SMARTS) is 1. The van der Waals surface area contributed by atoms with E-state index in [4.69, 9.17) is 14.6 Å². The smallest absolute Gasteiger partial charge is 0.316 e. The van der Waals surface area contributed by atoms with Crippen LogP contribution in [0.2, 0.25) is 0 Å². The van der Waals surface area contributed by atoms with Crippen LogP contribution in [-0.2, 0) is 14.3 Å². The molecule has 2 unspecified atom stereocenters. The summed E-state index contributed by atoms with van der Waals surface area (Å²) in [5.74, 6) is -0.685. The first-order chi connectivity index (χ1) is 8.65. The van der Waals surface area contributed by atoms with Crippen molar-refractivity contribution in [1.29, 1.82) is 0 Å². The van der Waals surface area contributed by atoms with Crippen LogP contribution < -0.4 is 0 Å². The lowest BCUT2D eigenvalue weighted by Crippen LogP contribution is -2.45. The van der Waals surface area contributed by atoms with Gasteiger partial charge in [-0.2, -0.15) is 0 Å². The van der Waals surface area contributed by atoms with Crippen molar-refractivity contribution in [3.05, 3.63) is 0 Å². The topological polar surface area (TPSA) is 55.8 Å². The van der Waals surface area contributed by atoms with E-state index in [9.17, 15) is 4.79 Å². The van der Waals surface area contributed by atoms with Crippen LogP contribution in [0.15, 0.2) is 0 Å². The fourth-order valence-corrected chi connectivity index (χ4v) is 4.16. The second kappa shape index (κ2) is 6.26. The monoisotopic (exact) mass is 274 g/mol. The maximum atomic E-state index is 11.1. The lowest BCUT2D eigenvalue weighted by atomic mass is 9.86. The first-order valence-corrected chi connectivity index (χ1v) is 7.69. The van der Waals surface area contributed by atoms with Crippen molar-refractivity contribution in [3.8, 4) is 0 Å². The summed E-state index contributed by atoms with van der Waals surface area (Å²) in [7, 11) is 0. The molecule has 2 saturated heterocycles. The predicted octanol–water partition coefficient (Wildman–Crippen LogP) is 2.31. The Morgan fingerprint density at radius 1 is 1.44 bits per heavy atom. The zero-order chi connectivity index (χ0) is 13.0.